The number of nitrogens with one attached hydrogen (secondary N) is 1. The Labute approximate surface area is 166 Å². The molecule has 156 valence electrons. The van der Waals surface area contributed by atoms with Gasteiger partial charge in [-0.15, -0.1) is 16.3 Å². The van der Waals surface area contributed by atoms with Crippen LogP contribution in [-0.2, 0) is 18.6 Å². The van der Waals surface area contributed by atoms with Crippen LogP contribution in [0.3, 0.4) is 0 Å². The normalized spacial score (nSPS) is 26.3. The fourth-order valence-corrected chi connectivity index (χ4v) is 4.77. The average Bonchev–Trinajstić information content (AvgIpc) is 2.87. The van der Waals surface area contributed by atoms with E-state index in [0.717, 1.165) is 16.3 Å². The molecule has 5 N–H and O–H groups in total. The van der Waals surface area contributed by atoms with Gasteiger partial charge in [-0.05, 0) is 31.4 Å². The van der Waals surface area contributed by atoms with E-state index in [2.05, 4.69) is 10.1 Å². The Morgan fingerprint density at radius 3 is 2.71 bits per heavy atom. The van der Waals surface area contributed by atoms with Gasteiger partial charge < -0.3 is 20.7 Å². The molecule has 11 nitrogen and oxygen atoms in total. The molecule has 1 fully saturated rings. The number of rotatable bonds is 8. The lowest BCUT2D eigenvalue weighted by Gasteiger charge is -2.17. The molecule has 0 spiro atoms. The van der Waals surface area contributed by atoms with Crippen molar-refractivity contribution in [2.24, 2.45) is 0 Å². The molecule has 0 amide bonds. The summed E-state index contributed by atoms with van der Waals surface area (Å²) in [5.41, 5.74) is 4.79. The van der Waals surface area contributed by atoms with Crippen LogP contribution in [0.4, 0.5) is 5.82 Å². The quantitative estimate of drug-likeness (QED) is 0.314. The fourth-order valence-electron chi connectivity index (χ4n) is 2.44. The lowest BCUT2D eigenvalue weighted by molar-refractivity contribution is -0.149. The predicted molar refractivity (Wildman–Crippen MR) is 103 cm³/mol. The summed E-state index contributed by atoms with van der Waals surface area (Å²) < 4.78 is 23.3. The summed E-state index contributed by atoms with van der Waals surface area (Å²) in [4.78, 5) is 27.2. The lowest BCUT2D eigenvalue weighted by atomic mass is 10.1. The van der Waals surface area contributed by atoms with Crippen LogP contribution in [0.5, 0.6) is 0 Å². The number of aromatic nitrogens is 2. The first kappa shape index (κ1) is 22.7. The van der Waals surface area contributed by atoms with Gasteiger partial charge in [0, 0.05) is 6.20 Å². The van der Waals surface area contributed by atoms with Crippen LogP contribution in [0.1, 0.15) is 26.1 Å². The van der Waals surface area contributed by atoms with Crippen LogP contribution < -0.4 is 16.5 Å². The molecule has 13 heteroatoms. The summed E-state index contributed by atoms with van der Waals surface area (Å²) in [6.45, 7) is 4.71. The Morgan fingerprint density at radius 2 is 2.11 bits per heavy atom. The monoisotopic (exact) mass is 435 g/mol. The van der Waals surface area contributed by atoms with Gasteiger partial charge in [0.2, 0.25) is 0 Å². The molecule has 0 radical (unpaired) electrons. The van der Waals surface area contributed by atoms with E-state index in [1.807, 2.05) is 0 Å². The van der Waals surface area contributed by atoms with E-state index in [0.29, 0.717) is 0 Å². The second kappa shape index (κ2) is 9.77. The smallest absolute Gasteiger partial charge is 0.462 e. The number of aliphatic hydroxyl groups excluding tert-OH is 2. The molecule has 2 rings (SSSR count). The highest BCUT2D eigenvalue weighted by atomic mass is 32.2. The SMILES string of the molecule is CC(C)OC(=O)[C@H](C)N[P+](=O)OC[C@H]1S[C@@H](n2ccc(N)nc2=O)[C@@H](O)[C@@H]1O. The van der Waals surface area contributed by atoms with Crippen molar-refractivity contribution in [1.82, 2.24) is 14.6 Å². The molecule has 1 aliphatic heterocycles. The maximum Gasteiger partial charge on any atom is 0.613 e. The van der Waals surface area contributed by atoms with E-state index >= 15 is 0 Å². The molecule has 1 aliphatic rings. The van der Waals surface area contributed by atoms with Crippen LogP contribution in [0, 0.1) is 0 Å². The minimum atomic E-state index is -2.41. The number of hydrogen-bond donors (Lipinski definition) is 4. The second-order valence-corrected chi connectivity index (χ2v) is 8.87. The molecule has 1 saturated heterocycles. The van der Waals surface area contributed by atoms with Crippen LogP contribution >= 0.6 is 19.9 Å². The van der Waals surface area contributed by atoms with Crippen LogP contribution in [-0.4, -0.2) is 61.9 Å². The van der Waals surface area contributed by atoms with E-state index in [9.17, 15) is 24.4 Å². The number of nitrogens with zero attached hydrogens (tertiary/aromatic N) is 2. The van der Waals surface area contributed by atoms with Gasteiger partial charge in [-0.3, -0.25) is 9.36 Å². The Balaban J connectivity index is 1.91. The van der Waals surface area contributed by atoms with Gasteiger partial charge >= 0.3 is 19.8 Å². The van der Waals surface area contributed by atoms with Crippen molar-refractivity contribution in [1.29, 1.82) is 0 Å². The van der Waals surface area contributed by atoms with E-state index < -0.39 is 48.7 Å². The lowest BCUT2D eigenvalue weighted by Crippen LogP contribution is -2.36. The summed E-state index contributed by atoms with van der Waals surface area (Å²) in [5, 5.41) is 21.5. The molecule has 28 heavy (non-hydrogen) atoms. The van der Waals surface area contributed by atoms with E-state index in [1.165, 1.54) is 19.2 Å². The Bertz CT molecular complexity index is 777. The van der Waals surface area contributed by atoms with E-state index in [1.54, 1.807) is 13.8 Å². The maximum atomic E-state index is 12.0. The molecule has 1 aromatic heterocycles. The van der Waals surface area contributed by atoms with Crippen molar-refractivity contribution in [3.63, 3.8) is 0 Å². The first-order chi connectivity index (χ1) is 13.1. The van der Waals surface area contributed by atoms with Gasteiger partial charge in [-0.25, -0.2) is 4.79 Å². The summed E-state index contributed by atoms with van der Waals surface area (Å²) in [5.74, 6) is -0.518. The van der Waals surface area contributed by atoms with Crippen molar-refractivity contribution in [3.8, 4) is 0 Å². The number of nitrogens with two attached hydrogens (primary N) is 1. The second-order valence-electron chi connectivity index (χ2n) is 6.48. The molecule has 1 unspecified atom stereocenters. The summed E-state index contributed by atoms with van der Waals surface area (Å²) in [6.07, 6.45) is -1.39. The number of anilines is 1. The van der Waals surface area contributed by atoms with Crippen molar-refractivity contribution < 1.29 is 28.8 Å². The number of thioether (sulfide) groups is 1. The predicted octanol–water partition coefficient (Wildman–Crippen LogP) is -0.235. The standard InChI is InChI=1S/C15H23N4O7PS/c1-7(2)26-14(22)8(3)18-27(24)25-6-9-11(20)12(21)13(28-9)19-5-4-10(16)17-15(19)23/h4-5,7-9,11-13,20-21H,6H2,1-3H3,(H2-,16,17,18,23,24)/p+1/t8-,9+,11+,12-,13+/m0/s1. The van der Waals surface area contributed by atoms with Gasteiger partial charge in [-0.1, -0.05) is 5.09 Å². The highest BCUT2D eigenvalue weighted by Crippen LogP contribution is 2.42. The Hall–Kier alpha value is -1.56. The van der Waals surface area contributed by atoms with E-state index in [-0.39, 0.29) is 18.5 Å². The minimum Gasteiger partial charge on any atom is -0.462 e. The minimum absolute atomic E-state index is 0.0485. The highest BCUT2D eigenvalue weighted by molar-refractivity contribution is 8.00. The summed E-state index contributed by atoms with van der Waals surface area (Å²) in [7, 11) is -2.41. The number of aliphatic hydroxyl groups is 2. The topological polar surface area (TPSA) is 166 Å². The maximum absolute atomic E-state index is 12.0. The van der Waals surface area contributed by atoms with Gasteiger partial charge in [0.15, 0.2) is 0 Å². The first-order valence-corrected chi connectivity index (χ1v) is 10.6. The molecule has 0 aliphatic carbocycles. The molecule has 1 aromatic rings. The summed E-state index contributed by atoms with van der Waals surface area (Å²) in [6, 6.07) is 0.563. The third-order valence-electron chi connectivity index (χ3n) is 3.82. The first-order valence-electron chi connectivity index (χ1n) is 8.53. The number of ether oxygens (including phenoxy) is 1. The average molecular weight is 435 g/mol. The Morgan fingerprint density at radius 1 is 1.43 bits per heavy atom. The van der Waals surface area contributed by atoms with Crippen molar-refractivity contribution in [2.45, 2.75) is 55.7 Å². The Kier molecular flexibility index (Phi) is 7.93. The van der Waals surface area contributed by atoms with Gasteiger partial charge in [0.25, 0.3) is 0 Å². The zero-order valence-corrected chi connectivity index (χ0v) is 17.3. The van der Waals surface area contributed by atoms with Crippen LogP contribution in [0.15, 0.2) is 17.1 Å². The molecule has 6 atom stereocenters. The van der Waals surface area contributed by atoms with E-state index in [4.69, 9.17) is 15.0 Å². The van der Waals surface area contributed by atoms with Crippen LogP contribution in [0.25, 0.3) is 0 Å². The van der Waals surface area contributed by atoms with Crippen molar-refractivity contribution in [2.75, 3.05) is 12.3 Å². The van der Waals surface area contributed by atoms with Crippen molar-refractivity contribution >= 4 is 31.7 Å². The number of carbonyl (C=O) groups is 1. The van der Waals surface area contributed by atoms with Gasteiger partial charge in [-0.2, -0.15) is 4.98 Å². The molecular weight excluding hydrogens is 411 g/mol. The highest BCUT2D eigenvalue weighted by Gasteiger charge is 2.45. The molecule has 0 saturated carbocycles. The van der Waals surface area contributed by atoms with Gasteiger partial charge in [0.1, 0.15) is 29.9 Å². The van der Waals surface area contributed by atoms with Crippen LogP contribution in [0.2, 0.25) is 0 Å². The number of nitrogen functional groups attached to an aromatic ring is 1. The largest absolute Gasteiger partial charge is 0.613 e. The molecular formula is C15H24N4O7PS+. The van der Waals surface area contributed by atoms with Crippen molar-refractivity contribution in [3.05, 3.63) is 22.7 Å². The van der Waals surface area contributed by atoms with Gasteiger partial charge in [0.05, 0.1) is 17.5 Å². The number of hydrogen-bond acceptors (Lipinski definition) is 10. The third kappa shape index (κ3) is 5.72. The molecule has 2 heterocycles. The zero-order valence-electron chi connectivity index (χ0n) is 15.6. The molecule has 0 bridgehead atoms. The third-order valence-corrected chi connectivity index (χ3v) is 6.35. The summed E-state index contributed by atoms with van der Waals surface area (Å²) >= 11 is 1.08. The zero-order chi connectivity index (χ0) is 21.0. The number of esters is 1. The number of carbonyl (C=O) groups excluding carboxylic acids is 1. The molecule has 0 aromatic carbocycles. The fraction of sp³-hybridized carbons (Fsp3) is 0.667.